The van der Waals surface area contributed by atoms with Crippen molar-refractivity contribution in [3.8, 4) is 33.6 Å². The molecule has 6 aromatic rings. The predicted octanol–water partition coefficient (Wildman–Crippen LogP) is 11.1. The molecule has 2 heteroatoms. The highest BCUT2D eigenvalue weighted by Crippen LogP contribution is 2.52. The number of rotatable bonds is 2. The van der Waals surface area contributed by atoms with Gasteiger partial charge < -0.3 is 0 Å². The highest BCUT2D eigenvalue weighted by atomic mass is 14.8. The first-order valence-corrected chi connectivity index (χ1v) is 16.2. The van der Waals surface area contributed by atoms with Crippen LogP contribution < -0.4 is 0 Å². The normalized spacial score (nSPS) is 18.6. The maximum atomic E-state index is 5.30. The van der Waals surface area contributed by atoms with E-state index in [1.54, 1.807) is 0 Å². The smallest absolute Gasteiger partial charge is 0.0972 e. The van der Waals surface area contributed by atoms with Crippen LogP contribution in [0, 0.1) is 5.92 Å². The molecule has 0 amide bonds. The van der Waals surface area contributed by atoms with E-state index in [9.17, 15) is 0 Å². The molecule has 0 bridgehead atoms. The van der Waals surface area contributed by atoms with Gasteiger partial charge in [-0.05, 0) is 81.1 Å². The number of allylic oxidation sites excluding steroid dienone is 4. The predicted molar refractivity (Wildman–Crippen MR) is 188 cm³/mol. The van der Waals surface area contributed by atoms with Crippen LogP contribution in [0.25, 0.3) is 61.0 Å². The molecular weight excluding hydrogens is 544 g/mol. The van der Waals surface area contributed by atoms with Crippen LogP contribution in [-0.4, -0.2) is 9.97 Å². The van der Waals surface area contributed by atoms with Gasteiger partial charge >= 0.3 is 0 Å². The second-order valence-electron chi connectivity index (χ2n) is 14.4. The topological polar surface area (TPSA) is 25.8 Å². The van der Waals surface area contributed by atoms with Crippen molar-refractivity contribution in [2.24, 2.45) is 5.92 Å². The Morgan fingerprint density at radius 1 is 0.578 bits per heavy atom. The molecule has 1 atom stereocenters. The summed E-state index contributed by atoms with van der Waals surface area (Å²) in [6.45, 7) is 11.7. The molecule has 3 aliphatic carbocycles. The van der Waals surface area contributed by atoms with Crippen molar-refractivity contribution >= 4 is 27.4 Å². The van der Waals surface area contributed by atoms with E-state index in [-0.39, 0.29) is 10.8 Å². The first-order chi connectivity index (χ1) is 21.7. The van der Waals surface area contributed by atoms with Crippen LogP contribution in [0.5, 0.6) is 0 Å². The van der Waals surface area contributed by atoms with Gasteiger partial charge in [0.25, 0.3) is 0 Å². The molecule has 0 aliphatic heterocycles. The maximum absolute atomic E-state index is 5.30. The number of hydrogen-bond acceptors (Lipinski definition) is 2. The number of hydrogen-bond donors (Lipinski definition) is 0. The van der Waals surface area contributed by atoms with Crippen LogP contribution in [0.4, 0.5) is 0 Å². The average molecular weight is 581 g/mol. The fourth-order valence-corrected chi connectivity index (χ4v) is 8.28. The van der Waals surface area contributed by atoms with E-state index in [0.29, 0.717) is 5.92 Å². The van der Waals surface area contributed by atoms with Crippen molar-refractivity contribution in [1.82, 2.24) is 9.97 Å². The lowest BCUT2D eigenvalue weighted by Crippen LogP contribution is -2.17. The molecule has 1 unspecified atom stereocenters. The largest absolute Gasteiger partial charge is 0.245 e. The zero-order valence-electron chi connectivity index (χ0n) is 26.6. The summed E-state index contributed by atoms with van der Waals surface area (Å²) < 4.78 is 0. The Kier molecular flexibility index (Phi) is 5.38. The number of pyridine rings is 2. The molecule has 0 spiro atoms. The second kappa shape index (κ2) is 9.11. The molecule has 0 fully saturated rings. The maximum Gasteiger partial charge on any atom is 0.0972 e. The first-order valence-electron chi connectivity index (χ1n) is 16.2. The van der Waals surface area contributed by atoms with Gasteiger partial charge in [0, 0.05) is 32.7 Å². The van der Waals surface area contributed by atoms with E-state index in [1.807, 2.05) is 0 Å². The van der Waals surface area contributed by atoms with Gasteiger partial charge in [-0.1, -0.05) is 120 Å². The van der Waals surface area contributed by atoms with Crippen molar-refractivity contribution in [3.63, 3.8) is 0 Å². The summed E-state index contributed by atoms with van der Waals surface area (Å²) in [4.78, 5) is 10.6. The first kappa shape index (κ1) is 26.6. The third-order valence-electron chi connectivity index (χ3n) is 10.8. The Bertz CT molecular complexity index is 2310. The molecule has 0 N–H and O–H groups in total. The molecular formula is C43H36N2. The van der Waals surface area contributed by atoms with Gasteiger partial charge in [-0.2, -0.15) is 0 Å². The van der Waals surface area contributed by atoms with Gasteiger partial charge in [0.2, 0.25) is 0 Å². The highest BCUT2D eigenvalue weighted by Gasteiger charge is 2.38. The summed E-state index contributed by atoms with van der Waals surface area (Å²) in [5, 5.41) is 2.22. The average Bonchev–Trinajstić information content (AvgIpc) is 3.42. The van der Waals surface area contributed by atoms with Crippen LogP contribution >= 0.6 is 0 Å². The van der Waals surface area contributed by atoms with E-state index in [2.05, 4.69) is 144 Å². The lowest BCUT2D eigenvalue weighted by Gasteiger charge is -2.25. The third kappa shape index (κ3) is 3.75. The van der Waals surface area contributed by atoms with Crippen LogP contribution in [0.3, 0.4) is 0 Å². The van der Waals surface area contributed by atoms with E-state index in [4.69, 9.17) is 9.97 Å². The van der Waals surface area contributed by atoms with Crippen molar-refractivity contribution in [1.29, 1.82) is 0 Å². The number of aromatic nitrogens is 2. The van der Waals surface area contributed by atoms with E-state index >= 15 is 0 Å². The lowest BCUT2D eigenvalue weighted by molar-refractivity contribution is 0.643. The second-order valence-corrected chi connectivity index (χ2v) is 14.4. The van der Waals surface area contributed by atoms with Crippen molar-refractivity contribution in [2.45, 2.75) is 51.9 Å². The quantitative estimate of drug-likeness (QED) is 0.190. The van der Waals surface area contributed by atoms with Gasteiger partial charge in [0.05, 0.1) is 22.4 Å². The monoisotopic (exact) mass is 580 g/mol. The Morgan fingerprint density at radius 2 is 1.13 bits per heavy atom. The molecule has 9 rings (SSSR count). The Labute approximate surface area is 265 Å². The highest BCUT2D eigenvalue weighted by molar-refractivity contribution is 6.04. The molecule has 2 heterocycles. The Morgan fingerprint density at radius 3 is 1.80 bits per heavy atom. The molecule has 0 saturated heterocycles. The molecule has 3 aliphatic rings. The molecule has 4 aromatic carbocycles. The summed E-state index contributed by atoms with van der Waals surface area (Å²) in [6.07, 6.45) is 5.85. The number of fused-ring (bicyclic) bond motifs is 8. The van der Waals surface area contributed by atoms with Crippen LogP contribution in [-0.2, 0) is 10.8 Å². The Hall–Kier alpha value is -4.82. The third-order valence-corrected chi connectivity index (χ3v) is 10.8. The standard InChI is InChI=1S/C43H36N2/c1-25-10-19-35-33(22-25)32-18-14-29(24-37(32)43(35,4)5)39-21-16-27-12-11-26-15-20-38(44-40(26)41(27)45-39)28-13-17-31-30-8-6-7-9-34(30)42(2,3)36(31)23-28/h6-21,23-25H,22H2,1-5H3. The zero-order chi connectivity index (χ0) is 30.7. The molecule has 0 saturated carbocycles. The van der Waals surface area contributed by atoms with Crippen molar-refractivity contribution in [2.75, 3.05) is 0 Å². The van der Waals surface area contributed by atoms with Crippen LogP contribution in [0.1, 0.15) is 63.3 Å². The van der Waals surface area contributed by atoms with Gasteiger partial charge in [-0.15, -0.1) is 0 Å². The van der Waals surface area contributed by atoms with Gasteiger partial charge in [-0.25, -0.2) is 9.97 Å². The van der Waals surface area contributed by atoms with Crippen molar-refractivity contribution < 1.29 is 0 Å². The number of nitrogens with zero attached hydrogens (tertiary/aromatic N) is 2. The summed E-state index contributed by atoms with van der Waals surface area (Å²) >= 11 is 0. The molecule has 2 aromatic heterocycles. The molecule has 45 heavy (non-hydrogen) atoms. The summed E-state index contributed by atoms with van der Waals surface area (Å²) in [5.74, 6) is 0.581. The summed E-state index contributed by atoms with van der Waals surface area (Å²) in [7, 11) is 0. The minimum Gasteiger partial charge on any atom is -0.245 e. The van der Waals surface area contributed by atoms with E-state index in [1.165, 1.54) is 44.5 Å². The summed E-state index contributed by atoms with van der Waals surface area (Å²) in [6, 6.07) is 35.7. The van der Waals surface area contributed by atoms with Gasteiger partial charge in [0.15, 0.2) is 0 Å². The van der Waals surface area contributed by atoms with E-state index < -0.39 is 0 Å². The number of benzene rings is 4. The van der Waals surface area contributed by atoms with E-state index in [0.717, 1.165) is 50.7 Å². The molecule has 0 radical (unpaired) electrons. The fraction of sp³-hybridized carbons (Fsp3) is 0.209. The molecule has 218 valence electrons. The zero-order valence-corrected chi connectivity index (χ0v) is 26.6. The van der Waals surface area contributed by atoms with Gasteiger partial charge in [-0.3, -0.25) is 0 Å². The minimum absolute atomic E-state index is 0.0108. The van der Waals surface area contributed by atoms with Crippen LogP contribution in [0.15, 0.2) is 115 Å². The van der Waals surface area contributed by atoms with Crippen molar-refractivity contribution in [3.05, 3.63) is 137 Å². The molecule has 2 nitrogen and oxygen atoms in total. The van der Waals surface area contributed by atoms with Gasteiger partial charge in [0.1, 0.15) is 0 Å². The Balaban J connectivity index is 1.15. The minimum atomic E-state index is -0.0459. The SMILES string of the molecule is CC1C=CC2=C(C1)c1ccc(-c3ccc4ccc5ccc(-c6ccc7c(c6)C(C)(C)c6ccccc6-7)nc5c4n3)cc1C2(C)C. The lowest BCUT2D eigenvalue weighted by atomic mass is 9.79. The van der Waals surface area contributed by atoms with Crippen LogP contribution in [0.2, 0.25) is 0 Å². The summed E-state index contributed by atoms with van der Waals surface area (Å²) in [5.41, 5.74) is 17.4. The fourth-order valence-electron chi connectivity index (χ4n) is 8.28.